The fraction of sp³-hybridized carbons (Fsp3) is 0.462. The summed E-state index contributed by atoms with van der Waals surface area (Å²) in [6.07, 6.45) is 3.30. The molecule has 2 rings (SSSR count). The van der Waals surface area contributed by atoms with E-state index in [1.165, 1.54) is 4.90 Å². The lowest BCUT2D eigenvalue weighted by Gasteiger charge is -2.33. The summed E-state index contributed by atoms with van der Waals surface area (Å²) in [7, 11) is -3.73. The van der Waals surface area contributed by atoms with Crippen LogP contribution in [0, 0.1) is 13.8 Å². The number of carbonyl (C=O) groups excluding carboxylic acids is 2. The van der Waals surface area contributed by atoms with Crippen molar-refractivity contribution in [2.45, 2.75) is 59.5 Å². The van der Waals surface area contributed by atoms with Gasteiger partial charge in [-0.3, -0.25) is 13.9 Å². The van der Waals surface area contributed by atoms with Crippen LogP contribution in [0.1, 0.15) is 49.8 Å². The quantitative estimate of drug-likeness (QED) is 0.462. The molecule has 2 aromatic rings. The maximum Gasteiger partial charge on any atom is 0.244 e. The van der Waals surface area contributed by atoms with Gasteiger partial charge in [-0.1, -0.05) is 56.7 Å². The minimum absolute atomic E-state index is 0.212. The third kappa shape index (κ3) is 7.58. The molecule has 186 valence electrons. The molecule has 0 spiro atoms. The molecule has 0 aliphatic carbocycles. The highest BCUT2D eigenvalue weighted by Crippen LogP contribution is 2.22. The lowest BCUT2D eigenvalue weighted by atomic mass is 10.1. The molecule has 0 aromatic heterocycles. The van der Waals surface area contributed by atoms with E-state index >= 15 is 0 Å². The van der Waals surface area contributed by atoms with E-state index in [0.717, 1.165) is 40.1 Å². The standard InChI is InChI=1S/C26H37N3O4S/c1-6-8-16-27-26(31)24(7-2)28(18-22-12-10-9-11-13-22)25(30)19-29(34(5,32)33)23-15-14-20(3)21(4)17-23/h9-15,17,24H,6-8,16,18-19H2,1-5H3,(H,27,31). The second-order valence-electron chi connectivity index (χ2n) is 8.61. The highest BCUT2D eigenvalue weighted by Gasteiger charge is 2.31. The Balaban J connectivity index is 2.39. The van der Waals surface area contributed by atoms with Crippen LogP contribution >= 0.6 is 0 Å². The van der Waals surface area contributed by atoms with Crippen molar-refractivity contribution in [3.05, 3.63) is 65.2 Å². The van der Waals surface area contributed by atoms with Crippen LogP contribution in [0.25, 0.3) is 0 Å². The molecule has 2 aromatic carbocycles. The summed E-state index contributed by atoms with van der Waals surface area (Å²) < 4.78 is 26.4. The second kappa shape index (κ2) is 12.6. The van der Waals surface area contributed by atoms with Gasteiger partial charge in [0.1, 0.15) is 12.6 Å². The van der Waals surface area contributed by atoms with E-state index in [4.69, 9.17) is 0 Å². The van der Waals surface area contributed by atoms with Crippen LogP contribution in [-0.2, 0) is 26.2 Å². The van der Waals surface area contributed by atoms with E-state index in [-0.39, 0.29) is 19.0 Å². The predicted octanol–water partition coefficient (Wildman–Crippen LogP) is 3.79. The second-order valence-corrected chi connectivity index (χ2v) is 10.5. The lowest BCUT2D eigenvalue weighted by molar-refractivity contribution is -0.140. The van der Waals surface area contributed by atoms with E-state index < -0.39 is 22.0 Å². The monoisotopic (exact) mass is 487 g/mol. The Morgan fingerprint density at radius 3 is 2.24 bits per heavy atom. The Morgan fingerprint density at radius 2 is 1.68 bits per heavy atom. The van der Waals surface area contributed by atoms with Gasteiger partial charge in [-0.05, 0) is 55.5 Å². The average molecular weight is 488 g/mol. The number of anilines is 1. The maximum atomic E-state index is 13.6. The molecule has 0 fully saturated rings. The summed E-state index contributed by atoms with van der Waals surface area (Å²) in [5.74, 6) is -0.651. The van der Waals surface area contributed by atoms with Crippen molar-refractivity contribution in [1.29, 1.82) is 0 Å². The Kier molecular flexibility index (Phi) is 10.1. The van der Waals surface area contributed by atoms with E-state index in [2.05, 4.69) is 5.32 Å². The van der Waals surface area contributed by atoms with Crippen molar-refractivity contribution < 1.29 is 18.0 Å². The number of carbonyl (C=O) groups is 2. The van der Waals surface area contributed by atoms with E-state index in [1.54, 1.807) is 12.1 Å². The Hall–Kier alpha value is -2.87. The SMILES string of the molecule is CCCCNC(=O)C(CC)N(Cc1ccccc1)C(=O)CN(c1ccc(C)c(C)c1)S(C)(=O)=O. The zero-order valence-electron chi connectivity index (χ0n) is 20.9. The number of sulfonamides is 1. The van der Waals surface area contributed by atoms with Crippen LogP contribution in [-0.4, -0.2) is 50.5 Å². The van der Waals surface area contributed by atoms with Gasteiger partial charge in [-0.25, -0.2) is 8.42 Å². The highest BCUT2D eigenvalue weighted by atomic mass is 32.2. The summed E-state index contributed by atoms with van der Waals surface area (Å²) in [5.41, 5.74) is 3.26. The largest absolute Gasteiger partial charge is 0.354 e. The molecule has 0 saturated heterocycles. The minimum atomic E-state index is -3.73. The lowest BCUT2D eigenvalue weighted by Crippen LogP contribution is -2.52. The molecule has 8 heteroatoms. The van der Waals surface area contributed by atoms with Gasteiger partial charge in [0.05, 0.1) is 11.9 Å². The number of nitrogens with one attached hydrogen (secondary N) is 1. The third-order valence-electron chi connectivity index (χ3n) is 5.87. The summed E-state index contributed by atoms with van der Waals surface area (Å²) in [5, 5.41) is 2.92. The molecule has 0 aliphatic heterocycles. The fourth-order valence-corrected chi connectivity index (χ4v) is 4.54. The number of rotatable bonds is 12. The van der Waals surface area contributed by atoms with Crippen LogP contribution in [0.3, 0.4) is 0 Å². The van der Waals surface area contributed by atoms with Gasteiger partial charge in [-0.2, -0.15) is 0 Å². The highest BCUT2D eigenvalue weighted by molar-refractivity contribution is 7.92. The molecule has 0 aliphatic rings. The van der Waals surface area contributed by atoms with Gasteiger partial charge in [0.25, 0.3) is 0 Å². The van der Waals surface area contributed by atoms with Crippen molar-refractivity contribution in [3.63, 3.8) is 0 Å². The van der Waals surface area contributed by atoms with Crippen molar-refractivity contribution >= 4 is 27.5 Å². The summed E-state index contributed by atoms with van der Waals surface area (Å²) in [4.78, 5) is 28.1. The van der Waals surface area contributed by atoms with Gasteiger partial charge in [0, 0.05) is 13.1 Å². The minimum Gasteiger partial charge on any atom is -0.354 e. The van der Waals surface area contributed by atoms with Gasteiger partial charge in [0.15, 0.2) is 0 Å². The number of aryl methyl sites for hydroxylation is 2. The van der Waals surface area contributed by atoms with Crippen LogP contribution in [0.2, 0.25) is 0 Å². The summed E-state index contributed by atoms with van der Waals surface area (Å²) >= 11 is 0. The maximum absolute atomic E-state index is 13.6. The molecule has 1 atom stereocenters. The zero-order chi connectivity index (χ0) is 25.3. The van der Waals surface area contributed by atoms with Crippen molar-refractivity contribution in [3.8, 4) is 0 Å². The molecular weight excluding hydrogens is 450 g/mol. The van der Waals surface area contributed by atoms with E-state index in [9.17, 15) is 18.0 Å². The smallest absolute Gasteiger partial charge is 0.244 e. The van der Waals surface area contributed by atoms with Gasteiger partial charge in [0.2, 0.25) is 21.8 Å². The third-order valence-corrected chi connectivity index (χ3v) is 7.01. The van der Waals surface area contributed by atoms with Gasteiger partial charge < -0.3 is 10.2 Å². The topological polar surface area (TPSA) is 86.8 Å². The first-order chi connectivity index (χ1) is 16.1. The number of amides is 2. The number of hydrogen-bond donors (Lipinski definition) is 1. The van der Waals surface area contributed by atoms with Crippen molar-refractivity contribution in [2.75, 3.05) is 23.7 Å². The number of nitrogens with zero attached hydrogens (tertiary/aromatic N) is 2. The zero-order valence-corrected chi connectivity index (χ0v) is 21.7. The van der Waals surface area contributed by atoms with Gasteiger partial charge in [-0.15, -0.1) is 0 Å². The first-order valence-electron chi connectivity index (χ1n) is 11.7. The predicted molar refractivity (Wildman–Crippen MR) is 137 cm³/mol. The number of benzene rings is 2. The molecule has 34 heavy (non-hydrogen) atoms. The van der Waals surface area contributed by atoms with Crippen LogP contribution in [0.15, 0.2) is 48.5 Å². The molecule has 2 amide bonds. The van der Waals surface area contributed by atoms with Gasteiger partial charge >= 0.3 is 0 Å². The van der Waals surface area contributed by atoms with Crippen LogP contribution < -0.4 is 9.62 Å². The average Bonchev–Trinajstić information content (AvgIpc) is 2.79. The van der Waals surface area contributed by atoms with Crippen molar-refractivity contribution in [2.24, 2.45) is 0 Å². The molecule has 0 bridgehead atoms. The van der Waals surface area contributed by atoms with Crippen LogP contribution in [0.4, 0.5) is 5.69 Å². The Bertz CT molecular complexity index is 1070. The molecule has 0 saturated carbocycles. The number of hydrogen-bond acceptors (Lipinski definition) is 4. The summed E-state index contributed by atoms with van der Waals surface area (Å²) in [6, 6.07) is 14.0. The Morgan fingerprint density at radius 1 is 1.00 bits per heavy atom. The summed E-state index contributed by atoms with van der Waals surface area (Å²) in [6.45, 7) is 8.11. The van der Waals surface area contributed by atoms with E-state index in [0.29, 0.717) is 18.7 Å². The first-order valence-corrected chi connectivity index (χ1v) is 13.6. The fourth-order valence-electron chi connectivity index (χ4n) is 3.70. The molecule has 7 nitrogen and oxygen atoms in total. The van der Waals surface area contributed by atoms with Crippen molar-refractivity contribution in [1.82, 2.24) is 10.2 Å². The molecule has 0 radical (unpaired) electrons. The Labute approximate surface area is 204 Å². The molecule has 1 N–H and O–H groups in total. The molecular formula is C26H37N3O4S. The van der Waals surface area contributed by atoms with Crippen LogP contribution in [0.5, 0.6) is 0 Å². The first kappa shape index (κ1) is 27.4. The normalized spacial score (nSPS) is 12.1. The molecule has 1 unspecified atom stereocenters. The molecule has 0 heterocycles. The number of unbranched alkanes of at least 4 members (excludes halogenated alkanes) is 1. The van der Waals surface area contributed by atoms with E-state index in [1.807, 2.05) is 64.1 Å².